The SMILES string of the molecule is C=CCN(C(=O)C(Cl)Cl)C(C)C. The van der Waals surface area contributed by atoms with Gasteiger partial charge in [0.05, 0.1) is 0 Å². The zero-order valence-corrected chi connectivity index (χ0v) is 8.77. The third-order valence-electron chi connectivity index (χ3n) is 1.42. The molecule has 2 nitrogen and oxygen atoms in total. The molecule has 0 aliphatic heterocycles. The molecule has 12 heavy (non-hydrogen) atoms. The maximum absolute atomic E-state index is 11.3. The fraction of sp³-hybridized carbons (Fsp3) is 0.625. The van der Waals surface area contributed by atoms with Crippen LogP contribution < -0.4 is 0 Å². The van der Waals surface area contributed by atoms with Gasteiger partial charge in [-0.2, -0.15) is 0 Å². The summed E-state index contributed by atoms with van der Waals surface area (Å²) in [5, 5.41) is 0. The number of amides is 1. The molecule has 70 valence electrons. The van der Waals surface area contributed by atoms with Gasteiger partial charge in [-0.15, -0.1) is 6.58 Å². The van der Waals surface area contributed by atoms with Gasteiger partial charge in [-0.25, -0.2) is 0 Å². The molecule has 4 heteroatoms. The van der Waals surface area contributed by atoms with E-state index in [0.717, 1.165) is 0 Å². The van der Waals surface area contributed by atoms with Crippen LogP contribution in [0.3, 0.4) is 0 Å². The van der Waals surface area contributed by atoms with Gasteiger partial charge in [-0.05, 0) is 13.8 Å². The van der Waals surface area contributed by atoms with Gasteiger partial charge in [0.1, 0.15) is 0 Å². The Morgan fingerprint density at radius 1 is 1.58 bits per heavy atom. The number of carbonyl (C=O) groups excluding carboxylic acids is 1. The van der Waals surface area contributed by atoms with Crippen molar-refractivity contribution in [3.05, 3.63) is 12.7 Å². The van der Waals surface area contributed by atoms with E-state index in [0.29, 0.717) is 6.54 Å². The predicted octanol–water partition coefficient (Wildman–Crippen LogP) is 2.21. The summed E-state index contributed by atoms with van der Waals surface area (Å²) in [6.07, 6.45) is 1.65. The molecule has 0 N–H and O–H groups in total. The standard InChI is InChI=1S/C8H13Cl2NO/c1-4-5-11(6(2)3)8(12)7(9)10/h4,6-7H,1,5H2,2-3H3. The zero-order valence-electron chi connectivity index (χ0n) is 7.26. The molecule has 0 bridgehead atoms. The second kappa shape index (κ2) is 5.44. The van der Waals surface area contributed by atoms with Crippen LogP contribution >= 0.6 is 23.2 Å². The minimum Gasteiger partial charge on any atom is -0.334 e. The van der Waals surface area contributed by atoms with E-state index in [4.69, 9.17) is 23.2 Å². The first-order valence-electron chi connectivity index (χ1n) is 3.70. The second-order valence-electron chi connectivity index (χ2n) is 2.67. The highest BCUT2D eigenvalue weighted by atomic mass is 35.5. The van der Waals surface area contributed by atoms with Crippen molar-refractivity contribution in [2.24, 2.45) is 0 Å². The maximum Gasteiger partial charge on any atom is 0.256 e. The third-order valence-corrected chi connectivity index (χ3v) is 1.79. The fourth-order valence-corrected chi connectivity index (χ4v) is 1.07. The van der Waals surface area contributed by atoms with Crippen LogP contribution in [0.1, 0.15) is 13.8 Å². The first kappa shape index (κ1) is 11.8. The number of rotatable bonds is 4. The Labute approximate surface area is 83.1 Å². The minimum atomic E-state index is -0.979. The van der Waals surface area contributed by atoms with Crippen LogP contribution in [0.2, 0.25) is 0 Å². The van der Waals surface area contributed by atoms with E-state index in [1.165, 1.54) is 0 Å². The largest absolute Gasteiger partial charge is 0.334 e. The summed E-state index contributed by atoms with van der Waals surface area (Å²) in [4.78, 5) is 11.9. The van der Waals surface area contributed by atoms with Crippen LogP contribution in [-0.2, 0) is 4.79 Å². The van der Waals surface area contributed by atoms with Crippen LogP contribution in [-0.4, -0.2) is 28.2 Å². The van der Waals surface area contributed by atoms with Crippen molar-refractivity contribution in [3.63, 3.8) is 0 Å². The van der Waals surface area contributed by atoms with Crippen LogP contribution in [0.25, 0.3) is 0 Å². The average molecular weight is 210 g/mol. The van der Waals surface area contributed by atoms with E-state index in [-0.39, 0.29) is 11.9 Å². The summed E-state index contributed by atoms with van der Waals surface area (Å²) in [5.74, 6) is -0.270. The number of carbonyl (C=O) groups is 1. The summed E-state index contributed by atoms with van der Waals surface area (Å²) in [5.41, 5.74) is 0. The van der Waals surface area contributed by atoms with E-state index in [1.54, 1.807) is 11.0 Å². The van der Waals surface area contributed by atoms with Crippen molar-refractivity contribution in [1.82, 2.24) is 4.90 Å². The normalized spacial score (nSPS) is 10.5. The minimum absolute atomic E-state index is 0.0931. The molecule has 0 saturated heterocycles. The quantitative estimate of drug-likeness (QED) is 0.514. The summed E-state index contributed by atoms with van der Waals surface area (Å²) >= 11 is 10.9. The van der Waals surface area contributed by atoms with Crippen molar-refractivity contribution in [2.75, 3.05) is 6.54 Å². The first-order chi connectivity index (χ1) is 5.50. The van der Waals surface area contributed by atoms with Crippen molar-refractivity contribution >= 4 is 29.1 Å². The smallest absolute Gasteiger partial charge is 0.256 e. The van der Waals surface area contributed by atoms with Crippen molar-refractivity contribution < 1.29 is 4.79 Å². The molecule has 0 aliphatic rings. The van der Waals surface area contributed by atoms with Crippen LogP contribution in [0.4, 0.5) is 0 Å². The monoisotopic (exact) mass is 209 g/mol. The molecule has 0 heterocycles. The molecule has 0 aromatic carbocycles. The summed E-state index contributed by atoms with van der Waals surface area (Å²) in [6, 6.07) is 0.0931. The molecule has 0 rings (SSSR count). The number of hydrogen-bond donors (Lipinski definition) is 0. The Bertz CT molecular complexity index is 168. The van der Waals surface area contributed by atoms with Gasteiger partial charge in [-0.1, -0.05) is 29.3 Å². The Hall–Kier alpha value is -0.210. The molecule has 0 radical (unpaired) electrons. The van der Waals surface area contributed by atoms with Crippen molar-refractivity contribution in [1.29, 1.82) is 0 Å². The highest BCUT2D eigenvalue weighted by Crippen LogP contribution is 2.09. The molecular formula is C8H13Cl2NO. The number of alkyl halides is 2. The Balaban J connectivity index is 4.29. The number of nitrogens with zero attached hydrogens (tertiary/aromatic N) is 1. The van der Waals surface area contributed by atoms with Gasteiger partial charge in [-0.3, -0.25) is 4.79 Å². The zero-order chi connectivity index (χ0) is 9.72. The molecule has 1 amide bonds. The lowest BCUT2D eigenvalue weighted by Gasteiger charge is -2.25. The third kappa shape index (κ3) is 3.46. The topological polar surface area (TPSA) is 20.3 Å². The second-order valence-corrected chi connectivity index (χ2v) is 3.77. The van der Waals surface area contributed by atoms with Gasteiger partial charge in [0.2, 0.25) is 0 Å². The van der Waals surface area contributed by atoms with Gasteiger partial charge < -0.3 is 4.90 Å². The van der Waals surface area contributed by atoms with Crippen molar-refractivity contribution in [3.8, 4) is 0 Å². The average Bonchev–Trinajstić information content (AvgIpc) is 1.98. The highest BCUT2D eigenvalue weighted by Gasteiger charge is 2.21. The lowest BCUT2D eigenvalue weighted by Crippen LogP contribution is -2.40. The summed E-state index contributed by atoms with van der Waals surface area (Å²) < 4.78 is 0. The predicted molar refractivity (Wildman–Crippen MR) is 52.5 cm³/mol. The van der Waals surface area contributed by atoms with Gasteiger partial charge >= 0.3 is 0 Å². The lowest BCUT2D eigenvalue weighted by molar-refractivity contribution is -0.130. The molecule has 0 saturated carbocycles. The van der Waals surface area contributed by atoms with Gasteiger partial charge in [0.25, 0.3) is 5.91 Å². The van der Waals surface area contributed by atoms with Crippen LogP contribution in [0.5, 0.6) is 0 Å². The van der Waals surface area contributed by atoms with E-state index in [1.807, 2.05) is 13.8 Å². The summed E-state index contributed by atoms with van der Waals surface area (Å²) in [6.45, 7) is 7.82. The summed E-state index contributed by atoms with van der Waals surface area (Å²) in [7, 11) is 0. The van der Waals surface area contributed by atoms with Crippen molar-refractivity contribution in [2.45, 2.75) is 24.7 Å². The maximum atomic E-state index is 11.3. The van der Waals surface area contributed by atoms with E-state index < -0.39 is 4.84 Å². The Morgan fingerprint density at radius 2 is 2.08 bits per heavy atom. The number of hydrogen-bond acceptors (Lipinski definition) is 1. The molecule has 0 aromatic rings. The molecule has 0 unspecified atom stereocenters. The van der Waals surface area contributed by atoms with Crippen LogP contribution in [0, 0.1) is 0 Å². The molecule has 0 aliphatic carbocycles. The lowest BCUT2D eigenvalue weighted by atomic mass is 10.3. The fourth-order valence-electron chi connectivity index (χ4n) is 0.820. The molecular weight excluding hydrogens is 197 g/mol. The van der Waals surface area contributed by atoms with Gasteiger partial charge in [0, 0.05) is 12.6 Å². The van der Waals surface area contributed by atoms with E-state index >= 15 is 0 Å². The highest BCUT2D eigenvalue weighted by molar-refractivity contribution is 6.53. The molecule has 0 fully saturated rings. The van der Waals surface area contributed by atoms with E-state index in [2.05, 4.69) is 6.58 Å². The Morgan fingerprint density at radius 3 is 2.33 bits per heavy atom. The first-order valence-corrected chi connectivity index (χ1v) is 4.57. The Kier molecular flexibility index (Phi) is 5.34. The molecule has 0 spiro atoms. The molecule has 0 aromatic heterocycles. The van der Waals surface area contributed by atoms with Gasteiger partial charge in [0.15, 0.2) is 4.84 Å². The van der Waals surface area contributed by atoms with Crippen LogP contribution in [0.15, 0.2) is 12.7 Å². The van der Waals surface area contributed by atoms with E-state index in [9.17, 15) is 4.79 Å². The molecule has 0 atom stereocenters. The number of halogens is 2.